The van der Waals surface area contributed by atoms with Crippen molar-refractivity contribution in [3.05, 3.63) is 48.5 Å². The highest BCUT2D eigenvalue weighted by Gasteiger charge is 2.28. The number of carbonyl (C=O) groups is 1. The lowest BCUT2D eigenvalue weighted by Crippen LogP contribution is -2.39. The maximum absolute atomic E-state index is 12.8. The van der Waals surface area contributed by atoms with Crippen LogP contribution >= 0.6 is 0 Å². The number of sulfonamides is 1. The van der Waals surface area contributed by atoms with Crippen molar-refractivity contribution in [3.8, 4) is 11.5 Å². The summed E-state index contributed by atoms with van der Waals surface area (Å²) in [5.74, 6) is 1.09. The number of para-hydroxylation sites is 2. The molecule has 30 heavy (non-hydrogen) atoms. The highest BCUT2D eigenvalue weighted by atomic mass is 32.2. The maximum Gasteiger partial charge on any atom is 0.262 e. The van der Waals surface area contributed by atoms with Crippen molar-refractivity contribution >= 4 is 21.6 Å². The zero-order valence-electron chi connectivity index (χ0n) is 17.3. The summed E-state index contributed by atoms with van der Waals surface area (Å²) in [7, 11) is -3.51. The van der Waals surface area contributed by atoms with Crippen LogP contribution in [0.15, 0.2) is 53.4 Å². The van der Waals surface area contributed by atoms with E-state index in [0.717, 1.165) is 12.8 Å². The number of rotatable bonds is 8. The number of amides is 1. The molecule has 8 heteroatoms. The van der Waals surface area contributed by atoms with Crippen LogP contribution in [0.1, 0.15) is 26.7 Å². The van der Waals surface area contributed by atoms with Crippen molar-refractivity contribution in [2.45, 2.75) is 31.6 Å². The molecule has 0 spiro atoms. The predicted molar refractivity (Wildman–Crippen MR) is 115 cm³/mol. The Morgan fingerprint density at radius 3 is 2.40 bits per heavy atom. The molecule has 0 aliphatic carbocycles. The zero-order chi connectivity index (χ0) is 21.6. The molecule has 1 aliphatic heterocycles. The first-order valence-electron chi connectivity index (χ1n) is 10.1. The fourth-order valence-electron chi connectivity index (χ4n) is 3.41. The Hall–Kier alpha value is -2.58. The lowest BCUT2D eigenvalue weighted by molar-refractivity contribution is -0.118. The second-order valence-corrected chi connectivity index (χ2v) is 9.29. The third-order valence-electron chi connectivity index (χ3n) is 4.90. The molecular formula is C22H28N2O5S. The summed E-state index contributed by atoms with van der Waals surface area (Å²) in [4.78, 5) is 12.4. The molecule has 1 N–H and O–H groups in total. The Morgan fingerprint density at radius 1 is 1.10 bits per heavy atom. The van der Waals surface area contributed by atoms with E-state index < -0.39 is 10.0 Å². The van der Waals surface area contributed by atoms with Crippen molar-refractivity contribution in [3.63, 3.8) is 0 Å². The van der Waals surface area contributed by atoms with E-state index in [0.29, 0.717) is 42.8 Å². The van der Waals surface area contributed by atoms with Crippen LogP contribution in [0.5, 0.6) is 11.5 Å². The van der Waals surface area contributed by atoms with Gasteiger partial charge in [0.1, 0.15) is 0 Å². The zero-order valence-corrected chi connectivity index (χ0v) is 18.2. The molecule has 3 rings (SSSR count). The molecule has 0 saturated carbocycles. The minimum Gasteiger partial charge on any atom is -0.490 e. The number of carbonyl (C=O) groups excluding carboxylic acids is 1. The minimum atomic E-state index is -3.51. The Kier molecular flexibility index (Phi) is 7.33. The Balaban J connectivity index is 1.58. The number of hydrogen-bond acceptors (Lipinski definition) is 5. The van der Waals surface area contributed by atoms with Crippen molar-refractivity contribution in [1.82, 2.24) is 4.31 Å². The standard InChI is InChI=1S/C22H28N2O5S/c1-3-28-20-8-4-5-9-21(20)29-16-22(25)23-18-10-12-19(13-11-18)30(26,27)24-14-6-7-17(2)15-24/h4-5,8-13,17H,3,6-7,14-16H2,1-2H3,(H,23,25)/t17-/m0/s1. The monoisotopic (exact) mass is 432 g/mol. The summed E-state index contributed by atoms with van der Waals surface area (Å²) in [6, 6.07) is 13.4. The van der Waals surface area contributed by atoms with E-state index in [4.69, 9.17) is 9.47 Å². The van der Waals surface area contributed by atoms with E-state index in [1.807, 2.05) is 13.0 Å². The van der Waals surface area contributed by atoms with Gasteiger partial charge in [-0.2, -0.15) is 4.31 Å². The molecule has 1 heterocycles. The van der Waals surface area contributed by atoms with Gasteiger partial charge in [0.2, 0.25) is 10.0 Å². The van der Waals surface area contributed by atoms with Crippen molar-refractivity contribution in [1.29, 1.82) is 0 Å². The molecule has 0 radical (unpaired) electrons. The Bertz CT molecular complexity index is 960. The first kappa shape index (κ1) is 22.1. The van der Waals surface area contributed by atoms with Gasteiger partial charge in [0.25, 0.3) is 5.91 Å². The summed E-state index contributed by atoms with van der Waals surface area (Å²) in [5.41, 5.74) is 0.507. The molecule has 7 nitrogen and oxygen atoms in total. The molecule has 0 bridgehead atoms. The number of hydrogen-bond donors (Lipinski definition) is 1. The average Bonchev–Trinajstić information content (AvgIpc) is 2.74. The number of piperidine rings is 1. The normalized spacial score (nSPS) is 17.3. The van der Waals surface area contributed by atoms with Crippen molar-refractivity contribution < 1.29 is 22.7 Å². The van der Waals surface area contributed by atoms with E-state index in [-0.39, 0.29) is 17.4 Å². The molecule has 1 amide bonds. The van der Waals surface area contributed by atoms with Gasteiger partial charge in [-0.25, -0.2) is 8.42 Å². The summed E-state index contributed by atoms with van der Waals surface area (Å²) >= 11 is 0. The summed E-state index contributed by atoms with van der Waals surface area (Å²) in [5, 5.41) is 2.72. The molecule has 1 saturated heterocycles. The van der Waals surface area contributed by atoms with Gasteiger partial charge in [-0.05, 0) is 62.1 Å². The van der Waals surface area contributed by atoms with E-state index in [1.165, 1.54) is 12.1 Å². The van der Waals surface area contributed by atoms with Crippen LogP contribution in [0.3, 0.4) is 0 Å². The molecule has 0 unspecified atom stereocenters. The van der Waals surface area contributed by atoms with Gasteiger partial charge in [-0.15, -0.1) is 0 Å². The Labute approximate surface area is 178 Å². The van der Waals surface area contributed by atoms with Crippen LogP contribution in [0.4, 0.5) is 5.69 Å². The fourth-order valence-corrected chi connectivity index (χ4v) is 5.01. The van der Waals surface area contributed by atoms with E-state index >= 15 is 0 Å². The van der Waals surface area contributed by atoms with Crippen LogP contribution in [0.25, 0.3) is 0 Å². The van der Waals surface area contributed by atoms with Gasteiger partial charge in [0.15, 0.2) is 18.1 Å². The summed E-state index contributed by atoms with van der Waals surface area (Å²) < 4.78 is 38.2. The minimum absolute atomic E-state index is 0.185. The second-order valence-electron chi connectivity index (χ2n) is 7.35. The third-order valence-corrected chi connectivity index (χ3v) is 6.78. The van der Waals surface area contributed by atoms with Crippen LogP contribution < -0.4 is 14.8 Å². The number of benzene rings is 2. The highest BCUT2D eigenvalue weighted by Crippen LogP contribution is 2.27. The van der Waals surface area contributed by atoms with Crippen molar-refractivity contribution in [2.75, 3.05) is 31.6 Å². The molecule has 2 aromatic carbocycles. The van der Waals surface area contributed by atoms with E-state index in [1.54, 1.807) is 34.6 Å². The molecule has 2 aromatic rings. The fraction of sp³-hybridized carbons (Fsp3) is 0.409. The summed E-state index contributed by atoms with van der Waals surface area (Å²) in [6.07, 6.45) is 1.93. The van der Waals surface area contributed by atoms with Gasteiger partial charge < -0.3 is 14.8 Å². The first-order chi connectivity index (χ1) is 14.4. The SMILES string of the molecule is CCOc1ccccc1OCC(=O)Nc1ccc(S(=O)(=O)N2CCC[C@H](C)C2)cc1. The smallest absolute Gasteiger partial charge is 0.262 e. The lowest BCUT2D eigenvalue weighted by Gasteiger charge is -2.30. The third kappa shape index (κ3) is 5.52. The number of ether oxygens (including phenoxy) is 2. The predicted octanol–water partition coefficient (Wildman–Crippen LogP) is 3.52. The first-order valence-corrected chi connectivity index (χ1v) is 11.6. The molecular weight excluding hydrogens is 404 g/mol. The van der Waals surface area contributed by atoms with Crippen LogP contribution in [0.2, 0.25) is 0 Å². The Morgan fingerprint density at radius 2 is 1.77 bits per heavy atom. The van der Waals surface area contributed by atoms with Gasteiger partial charge in [-0.1, -0.05) is 19.1 Å². The second kappa shape index (κ2) is 9.95. The molecule has 0 aromatic heterocycles. The maximum atomic E-state index is 12.8. The van der Waals surface area contributed by atoms with Crippen LogP contribution in [-0.4, -0.2) is 44.9 Å². The largest absolute Gasteiger partial charge is 0.490 e. The molecule has 162 valence electrons. The van der Waals surface area contributed by atoms with Gasteiger partial charge in [0, 0.05) is 18.8 Å². The van der Waals surface area contributed by atoms with Crippen molar-refractivity contribution in [2.24, 2.45) is 5.92 Å². The van der Waals surface area contributed by atoms with Crippen LogP contribution in [-0.2, 0) is 14.8 Å². The average molecular weight is 433 g/mol. The molecule has 1 fully saturated rings. The van der Waals surface area contributed by atoms with E-state index in [9.17, 15) is 13.2 Å². The summed E-state index contributed by atoms with van der Waals surface area (Å²) in [6.45, 7) is 5.34. The topological polar surface area (TPSA) is 84.9 Å². The number of anilines is 1. The number of nitrogens with zero attached hydrogens (tertiary/aromatic N) is 1. The quantitative estimate of drug-likeness (QED) is 0.690. The molecule has 1 atom stereocenters. The number of nitrogens with one attached hydrogen (secondary N) is 1. The molecule has 1 aliphatic rings. The van der Waals surface area contributed by atoms with Gasteiger partial charge in [-0.3, -0.25) is 4.79 Å². The van der Waals surface area contributed by atoms with Crippen LogP contribution in [0, 0.1) is 5.92 Å². The van der Waals surface area contributed by atoms with E-state index in [2.05, 4.69) is 12.2 Å². The van der Waals surface area contributed by atoms with Gasteiger partial charge >= 0.3 is 0 Å². The van der Waals surface area contributed by atoms with Gasteiger partial charge in [0.05, 0.1) is 11.5 Å². The lowest BCUT2D eigenvalue weighted by atomic mass is 10.0. The highest BCUT2D eigenvalue weighted by molar-refractivity contribution is 7.89.